The van der Waals surface area contributed by atoms with E-state index >= 15 is 0 Å². The van der Waals surface area contributed by atoms with E-state index in [1.54, 1.807) is 18.5 Å². The molecule has 0 aliphatic carbocycles. The van der Waals surface area contributed by atoms with Crippen LogP contribution in [-0.2, 0) is 16.9 Å². The van der Waals surface area contributed by atoms with Crippen molar-refractivity contribution in [3.05, 3.63) is 90.1 Å². The smallest absolute Gasteiger partial charge is 0.338 e. The van der Waals surface area contributed by atoms with Crippen LogP contribution in [0.4, 0.5) is 0 Å². The van der Waals surface area contributed by atoms with Gasteiger partial charge in [-0.2, -0.15) is 4.98 Å². The average Bonchev–Trinajstić information content (AvgIpc) is 3.53. The maximum Gasteiger partial charge on any atom is 0.338 e. The van der Waals surface area contributed by atoms with Gasteiger partial charge in [0.25, 0.3) is 5.22 Å². The summed E-state index contributed by atoms with van der Waals surface area (Å²) in [6, 6.07) is 18.7. The molecule has 0 radical (unpaired) electrons. The third-order valence-electron chi connectivity index (χ3n) is 5.02. The number of ether oxygens (including phenoxy) is 1. The molecule has 34 heavy (non-hydrogen) atoms. The van der Waals surface area contributed by atoms with Crippen molar-refractivity contribution in [3.63, 3.8) is 0 Å². The summed E-state index contributed by atoms with van der Waals surface area (Å²) in [5, 5.41) is 4.53. The largest absolute Gasteiger partial charge is 0.462 e. The molecule has 3 aromatic heterocycles. The quantitative estimate of drug-likeness (QED) is 0.159. The normalized spacial score (nSPS) is 11.1. The van der Waals surface area contributed by atoms with Gasteiger partial charge >= 0.3 is 5.97 Å². The van der Waals surface area contributed by atoms with Gasteiger partial charge in [-0.05, 0) is 42.3 Å². The number of hydrogen-bond acceptors (Lipinski definition) is 9. The Morgan fingerprint density at radius 2 is 1.88 bits per heavy atom. The Hall–Kier alpha value is -3.98. The number of aromatic nitrogens is 4. The fraction of sp³-hybridized carbons (Fsp3) is 0.160. The van der Waals surface area contributed by atoms with Crippen molar-refractivity contribution in [2.24, 2.45) is 0 Å². The highest BCUT2D eigenvalue weighted by atomic mass is 32.2. The number of rotatable bonds is 9. The van der Waals surface area contributed by atoms with E-state index in [0.717, 1.165) is 22.2 Å². The molecule has 8 nitrogen and oxygen atoms in total. The monoisotopic (exact) mass is 472 g/mol. The van der Waals surface area contributed by atoms with Crippen molar-refractivity contribution in [2.45, 2.75) is 23.8 Å². The molecule has 170 valence electrons. The molecule has 2 aromatic carbocycles. The van der Waals surface area contributed by atoms with E-state index in [9.17, 15) is 4.79 Å². The number of nitrogens with zero attached hydrogens (tertiary/aromatic N) is 4. The fourth-order valence-corrected chi connectivity index (χ4v) is 4.17. The van der Waals surface area contributed by atoms with Crippen LogP contribution in [0.3, 0.4) is 0 Å². The zero-order valence-electron chi connectivity index (χ0n) is 18.1. The van der Waals surface area contributed by atoms with Crippen LogP contribution >= 0.6 is 11.8 Å². The van der Waals surface area contributed by atoms with E-state index in [4.69, 9.17) is 13.7 Å². The molecule has 0 bridgehead atoms. The number of hydrogen-bond donors (Lipinski definition) is 0. The molecule has 0 atom stereocenters. The molecule has 5 aromatic rings. The molecule has 0 aliphatic rings. The first kappa shape index (κ1) is 21.8. The van der Waals surface area contributed by atoms with E-state index in [1.807, 2.05) is 54.6 Å². The van der Waals surface area contributed by atoms with Gasteiger partial charge in [0, 0.05) is 30.1 Å². The minimum atomic E-state index is -0.365. The average molecular weight is 473 g/mol. The number of oxazole rings is 1. The lowest BCUT2D eigenvalue weighted by atomic mass is 10.1. The topological polar surface area (TPSA) is 104 Å². The van der Waals surface area contributed by atoms with Gasteiger partial charge in [-0.15, -0.1) is 0 Å². The van der Waals surface area contributed by atoms with Gasteiger partial charge in [-0.25, -0.2) is 9.78 Å². The van der Waals surface area contributed by atoms with E-state index in [2.05, 4.69) is 20.1 Å². The highest BCUT2D eigenvalue weighted by Gasteiger charge is 2.15. The first-order valence-corrected chi connectivity index (χ1v) is 11.7. The number of para-hydroxylation sites is 2. The van der Waals surface area contributed by atoms with Crippen molar-refractivity contribution in [1.82, 2.24) is 20.1 Å². The molecule has 0 unspecified atom stereocenters. The summed E-state index contributed by atoms with van der Waals surface area (Å²) < 4.78 is 16.5. The Kier molecular flexibility index (Phi) is 6.62. The van der Waals surface area contributed by atoms with Gasteiger partial charge in [-0.1, -0.05) is 47.3 Å². The maximum atomic E-state index is 12.7. The number of benzene rings is 2. The molecule has 0 amide bonds. The molecule has 0 saturated carbocycles. The first-order valence-electron chi connectivity index (χ1n) is 10.7. The Bertz CT molecular complexity index is 1370. The summed E-state index contributed by atoms with van der Waals surface area (Å²) in [5.74, 6) is 1.16. The van der Waals surface area contributed by atoms with Crippen LogP contribution in [0.5, 0.6) is 0 Å². The van der Waals surface area contributed by atoms with Crippen molar-refractivity contribution >= 4 is 28.8 Å². The Balaban J connectivity index is 1.14. The number of esters is 1. The predicted molar refractivity (Wildman–Crippen MR) is 126 cm³/mol. The lowest BCUT2D eigenvalue weighted by Gasteiger charge is -2.08. The second-order valence-corrected chi connectivity index (χ2v) is 8.31. The van der Waals surface area contributed by atoms with Gasteiger partial charge in [0.1, 0.15) is 5.52 Å². The van der Waals surface area contributed by atoms with Crippen LogP contribution in [0, 0.1) is 0 Å². The van der Waals surface area contributed by atoms with Crippen LogP contribution in [0.25, 0.3) is 22.5 Å². The minimum Gasteiger partial charge on any atom is -0.462 e. The summed E-state index contributed by atoms with van der Waals surface area (Å²) in [5.41, 5.74) is 3.73. The van der Waals surface area contributed by atoms with Crippen LogP contribution < -0.4 is 0 Å². The number of pyridine rings is 1. The second-order valence-electron chi connectivity index (χ2n) is 7.39. The van der Waals surface area contributed by atoms with E-state index in [1.165, 1.54) is 11.8 Å². The van der Waals surface area contributed by atoms with Crippen molar-refractivity contribution in [2.75, 3.05) is 6.61 Å². The van der Waals surface area contributed by atoms with Crippen molar-refractivity contribution in [1.29, 1.82) is 0 Å². The van der Waals surface area contributed by atoms with Gasteiger partial charge < -0.3 is 13.7 Å². The standard InChI is InChI=1S/C25H20N4O4S/c30-24(31-14-6-12-22-28-23(29-33-22)17-8-5-13-26-15-17)19-9-2-1-7-18(19)16-34-25-27-20-10-3-4-11-21(20)32-25/h1-5,7-11,13,15H,6,12,14,16H2. The number of carbonyl (C=O) groups is 1. The Morgan fingerprint density at radius 3 is 2.76 bits per heavy atom. The number of carbonyl (C=O) groups excluding carboxylic acids is 1. The summed E-state index contributed by atoms with van der Waals surface area (Å²) in [6.07, 6.45) is 4.44. The van der Waals surface area contributed by atoms with Crippen LogP contribution in [0.2, 0.25) is 0 Å². The molecule has 5 rings (SSSR count). The van der Waals surface area contributed by atoms with Crippen LogP contribution in [0.15, 0.2) is 87.2 Å². The zero-order valence-corrected chi connectivity index (χ0v) is 18.9. The second kappa shape index (κ2) is 10.3. The van der Waals surface area contributed by atoms with Crippen LogP contribution in [0.1, 0.15) is 28.2 Å². The molecule has 0 N–H and O–H groups in total. The third kappa shape index (κ3) is 5.15. The van der Waals surface area contributed by atoms with Crippen molar-refractivity contribution in [3.8, 4) is 11.4 Å². The first-order chi connectivity index (χ1) is 16.8. The molecule has 9 heteroatoms. The number of aryl methyl sites for hydroxylation is 1. The highest BCUT2D eigenvalue weighted by Crippen LogP contribution is 2.27. The van der Waals surface area contributed by atoms with E-state index < -0.39 is 0 Å². The van der Waals surface area contributed by atoms with Gasteiger partial charge in [-0.3, -0.25) is 4.98 Å². The molecular formula is C25H20N4O4S. The lowest BCUT2D eigenvalue weighted by Crippen LogP contribution is -2.09. The summed E-state index contributed by atoms with van der Waals surface area (Å²) in [7, 11) is 0. The molecule has 0 spiro atoms. The molecular weight excluding hydrogens is 452 g/mol. The number of thioether (sulfide) groups is 1. The van der Waals surface area contributed by atoms with Gasteiger partial charge in [0.2, 0.25) is 11.7 Å². The molecule has 0 aliphatic heterocycles. The predicted octanol–water partition coefficient (Wildman–Crippen LogP) is 5.35. The van der Waals surface area contributed by atoms with Crippen LogP contribution in [-0.4, -0.2) is 32.7 Å². The summed E-state index contributed by atoms with van der Waals surface area (Å²) >= 11 is 1.44. The van der Waals surface area contributed by atoms with E-state index in [0.29, 0.717) is 41.1 Å². The van der Waals surface area contributed by atoms with Crippen molar-refractivity contribution < 1.29 is 18.5 Å². The molecule has 3 heterocycles. The van der Waals surface area contributed by atoms with E-state index in [-0.39, 0.29) is 12.6 Å². The summed E-state index contributed by atoms with van der Waals surface area (Å²) in [4.78, 5) is 25.6. The lowest BCUT2D eigenvalue weighted by molar-refractivity contribution is 0.0497. The Labute approximate surface area is 199 Å². The molecule has 0 saturated heterocycles. The number of fused-ring (bicyclic) bond motifs is 1. The zero-order chi connectivity index (χ0) is 23.2. The SMILES string of the molecule is O=C(OCCCc1nc(-c2cccnc2)no1)c1ccccc1CSc1nc2ccccc2o1. The highest BCUT2D eigenvalue weighted by molar-refractivity contribution is 7.98. The summed E-state index contributed by atoms with van der Waals surface area (Å²) in [6.45, 7) is 0.246. The van der Waals surface area contributed by atoms with Gasteiger partial charge in [0.15, 0.2) is 5.58 Å². The Morgan fingerprint density at radius 1 is 1.00 bits per heavy atom. The van der Waals surface area contributed by atoms with Gasteiger partial charge in [0.05, 0.1) is 12.2 Å². The maximum absolute atomic E-state index is 12.7. The molecule has 0 fully saturated rings. The minimum absolute atomic E-state index is 0.246. The fourth-order valence-electron chi connectivity index (χ4n) is 3.33. The third-order valence-corrected chi connectivity index (χ3v) is 5.90.